The minimum absolute atomic E-state index is 0.0563. The fourth-order valence-electron chi connectivity index (χ4n) is 2.45. The molecule has 0 radical (unpaired) electrons. The summed E-state index contributed by atoms with van der Waals surface area (Å²) < 4.78 is 5.30. The van der Waals surface area contributed by atoms with E-state index in [1.165, 1.54) is 4.90 Å². The number of likely N-dealkylation sites (N-methyl/N-ethyl adjacent to an activating group) is 1. The Morgan fingerprint density at radius 2 is 2.29 bits per heavy atom. The molecule has 0 spiro atoms. The van der Waals surface area contributed by atoms with Crippen LogP contribution in [0.3, 0.4) is 0 Å². The van der Waals surface area contributed by atoms with E-state index < -0.39 is 0 Å². The molecule has 0 aromatic heterocycles. The lowest BCUT2D eigenvalue weighted by molar-refractivity contribution is -0.138. The van der Waals surface area contributed by atoms with Crippen molar-refractivity contribution in [3.05, 3.63) is 0 Å². The van der Waals surface area contributed by atoms with Gasteiger partial charge in [-0.25, -0.2) is 0 Å². The monoisotopic (exact) mass is 240 g/mol. The van der Waals surface area contributed by atoms with Gasteiger partial charge in [-0.05, 0) is 32.2 Å². The van der Waals surface area contributed by atoms with E-state index in [4.69, 9.17) is 4.74 Å². The van der Waals surface area contributed by atoms with Gasteiger partial charge in [-0.3, -0.25) is 14.5 Å². The Bertz CT molecular complexity index is 300. The lowest BCUT2D eigenvalue weighted by atomic mass is 10.1. The predicted octanol–water partition coefficient (Wildman–Crippen LogP) is 0.150. The highest BCUT2D eigenvalue weighted by Crippen LogP contribution is 2.16. The molecular weight excluding hydrogens is 220 g/mol. The van der Waals surface area contributed by atoms with Crippen LogP contribution in [0.4, 0.5) is 0 Å². The first-order valence-corrected chi connectivity index (χ1v) is 6.37. The number of hydrogen-bond acceptors (Lipinski definition) is 4. The van der Waals surface area contributed by atoms with Gasteiger partial charge in [-0.1, -0.05) is 0 Å². The summed E-state index contributed by atoms with van der Waals surface area (Å²) in [5.41, 5.74) is 0. The van der Waals surface area contributed by atoms with Crippen LogP contribution in [0.25, 0.3) is 0 Å². The van der Waals surface area contributed by atoms with Gasteiger partial charge in [-0.15, -0.1) is 0 Å². The molecule has 17 heavy (non-hydrogen) atoms. The Morgan fingerprint density at radius 3 is 2.88 bits per heavy atom. The molecule has 0 aromatic rings. The molecule has 96 valence electrons. The van der Waals surface area contributed by atoms with Crippen molar-refractivity contribution < 1.29 is 14.3 Å². The molecule has 0 bridgehead atoms. The molecule has 2 heterocycles. The minimum Gasteiger partial charge on any atom is -0.381 e. The quantitative estimate of drug-likeness (QED) is 0.695. The first-order chi connectivity index (χ1) is 8.22. The third-order valence-electron chi connectivity index (χ3n) is 3.53. The van der Waals surface area contributed by atoms with Crippen LogP contribution in [0.2, 0.25) is 0 Å². The van der Waals surface area contributed by atoms with Gasteiger partial charge in [0, 0.05) is 19.8 Å². The average Bonchev–Trinajstić information content (AvgIpc) is 2.89. The Kier molecular flexibility index (Phi) is 4.12. The van der Waals surface area contributed by atoms with Crippen LogP contribution in [0.5, 0.6) is 0 Å². The van der Waals surface area contributed by atoms with E-state index >= 15 is 0 Å². The maximum atomic E-state index is 11.8. The van der Waals surface area contributed by atoms with Gasteiger partial charge in [0.25, 0.3) is 0 Å². The maximum absolute atomic E-state index is 11.8. The predicted molar refractivity (Wildman–Crippen MR) is 62.3 cm³/mol. The number of nitrogens with zero attached hydrogens (tertiary/aromatic N) is 1. The van der Waals surface area contributed by atoms with Crippen LogP contribution < -0.4 is 5.32 Å². The second kappa shape index (κ2) is 5.60. The molecule has 2 amide bonds. The van der Waals surface area contributed by atoms with Gasteiger partial charge in [0.05, 0.1) is 12.5 Å². The number of ether oxygens (including phenoxy) is 1. The summed E-state index contributed by atoms with van der Waals surface area (Å²) in [4.78, 5) is 24.6. The molecule has 2 atom stereocenters. The molecule has 5 heteroatoms. The molecule has 2 unspecified atom stereocenters. The number of nitrogens with one attached hydrogen (secondary N) is 1. The van der Waals surface area contributed by atoms with E-state index in [1.807, 2.05) is 6.92 Å². The van der Waals surface area contributed by atoms with Gasteiger partial charge in [0.2, 0.25) is 11.8 Å². The van der Waals surface area contributed by atoms with E-state index in [1.54, 1.807) is 0 Å². The van der Waals surface area contributed by atoms with Crippen LogP contribution in [0.1, 0.15) is 26.2 Å². The molecule has 2 rings (SSSR count). The fourth-order valence-corrected chi connectivity index (χ4v) is 2.45. The van der Waals surface area contributed by atoms with Crippen molar-refractivity contribution in [3.8, 4) is 0 Å². The topological polar surface area (TPSA) is 58.6 Å². The summed E-state index contributed by atoms with van der Waals surface area (Å²) >= 11 is 0. The van der Waals surface area contributed by atoms with E-state index in [2.05, 4.69) is 5.32 Å². The summed E-state index contributed by atoms with van der Waals surface area (Å²) in [5, 5.41) is 3.19. The third-order valence-corrected chi connectivity index (χ3v) is 3.53. The molecule has 0 saturated carbocycles. The van der Waals surface area contributed by atoms with Crippen LogP contribution in [-0.2, 0) is 14.3 Å². The molecule has 2 saturated heterocycles. The minimum atomic E-state index is -0.301. The second-order valence-corrected chi connectivity index (χ2v) is 4.71. The number of likely N-dealkylation sites (tertiary alicyclic amines) is 1. The van der Waals surface area contributed by atoms with Gasteiger partial charge in [-0.2, -0.15) is 0 Å². The fraction of sp³-hybridized carbons (Fsp3) is 0.833. The molecule has 5 nitrogen and oxygen atoms in total. The van der Waals surface area contributed by atoms with Crippen molar-refractivity contribution in [3.63, 3.8) is 0 Å². The zero-order chi connectivity index (χ0) is 12.3. The standard InChI is InChI=1S/C12H20N2O3/c1-2-14-11(15)7-10(12(14)16)13-5-3-9-4-6-17-8-9/h9-10,13H,2-8H2,1H3. The summed E-state index contributed by atoms with van der Waals surface area (Å²) in [6, 6.07) is -0.301. The SMILES string of the molecule is CCN1C(=O)CC(NCCC2CCOC2)C1=O. The number of carbonyl (C=O) groups excluding carboxylic acids is 2. The Labute approximate surface area is 101 Å². The van der Waals surface area contributed by atoms with E-state index in [0.717, 1.165) is 32.6 Å². The zero-order valence-electron chi connectivity index (χ0n) is 10.3. The van der Waals surface area contributed by atoms with E-state index in [9.17, 15) is 9.59 Å². The van der Waals surface area contributed by atoms with Crippen LogP contribution >= 0.6 is 0 Å². The van der Waals surface area contributed by atoms with Gasteiger partial charge in [0.1, 0.15) is 0 Å². The molecular formula is C12H20N2O3. The van der Waals surface area contributed by atoms with Gasteiger partial charge in [0.15, 0.2) is 0 Å². The van der Waals surface area contributed by atoms with Crippen LogP contribution in [0.15, 0.2) is 0 Å². The highest BCUT2D eigenvalue weighted by Gasteiger charge is 2.36. The highest BCUT2D eigenvalue weighted by atomic mass is 16.5. The van der Waals surface area contributed by atoms with Crippen LogP contribution in [0, 0.1) is 5.92 Å². The number of amides is 2. The Hall–Kier alpha value is -0.940. The number of carbonyl (C=O) groups is 2. The van der Waals surface area contributed by atoms with Crippen molar-refractivity contribution in [2.75, 3.05) is 26.3 Å². The lowest BCUT2D eigenvalue weighted by Gasteiger charge is -2.14. The summed E-state index contributed by atoms with van der Waals surface area (Å²) in [6.45, 7) is 4.78. The zero-order valence-corrected chi connectivity index (χ0v) is 10.3. The van der Waals surface area contributed by atoms with Crippen molar-refractivity contribution in [2.45, 2.75) is 32.2 Å². The van der Waals surface area contributed by atoms with Crippen LogP contribution in [-0.4, -0.2) is 49.1 Å². The Morgan fingerprint density at radius 1 is 1.47 bits per heavy atom. The molecule has 2 aliphatic rings. The van der Waals surface area contributed by atoms with E-state index in [0.29, 0.717) is 18.9 Å². The smallest absolute Gasteiger partial charge is 0.246 e. The van der Waals surface area contributed by atoms with Crippen molar-refractivity contribution in [1.82, 2.24) is 10.2 Å². The molecule has 0 aliphatic carbocycles. The number of imide groups is 1. The summed E-state index contributed by atoms with van der Waals surface area (Å²) in [7, 11) is 0. The molecule has 1 N–H and O–H groups in total. The first-order valence-electron chi connectivity index (χ1n) is 6.37. The van der Waals surface area contributed by atoms with Gasteiger partial charge < -0.3 is 10.1 Å². The third kappa shape index (κ3) is 2.84. The lowest BCUT2D eigenvalue weighted by Crippen LogP contribution is -2.39. The normalized spacial score (nSPS) is 29.4. The van der Waals surface area contributed by atoms with Crippen molar-refractivity contribution in [2.24, 2.45) is 5.92 Å². The Balaban J connectivity index is 1.72. The average molecular weight is 240 g/mol. The van der Waals surface area contributed by atoms with E-state index in [-0.39, 0.29) is 17.9 Å². The molecule has 0 aromatic carbocycles. The maximum Gasteiger partial charge on any atom is 0.246 e. The van der Waals surface area contributed by atoms with Crippen molar-refractivity contribution >= 4 is 11.8 Å². The van der Waals surface area contributed by atoms with Gasteiger partial charge >= 0.3 is 0 Å². The molecule has 2 fully saturated rings. The summed E-state index contributed by atoms with van der Waals surface area (Å²) in [5.74, 6) is 0.483. The first kappa shape index (κ1) is 12.5. The number of rotatable bonds is 5. The molecule has 2 aliphatic heterocycles. The highest BCUT2D eigenvalue weighted by molar-refractivity contribution is 6.05. The summed E-state index contributed by atoms with van der Waals surface area (Å²) in [6.07, 6.45) is 2.44. The second-order valence-electron chi connectivity index (χ2n) is 4.71. The van der Waals surface area contributed by atoms with Crippen molar-refractivity contribution in [1.29, 1.82) is 0 Å². The largest absolute Gasteiger partial charge is 0.381 e. The number of hydrogen-bond donors (Lipinski definition) is 1.